The van der Waals surface area contributed by atoms with Gasteiger partial charge in [0.05, 0.1) is 10.6 Å². The standard InChI is InChI=1S/C20H21NO2S2/c1-14-9-19(24-13-14)17-11-20(7-3-4-8-20)10-16(17)18-6-5-15(12-21-18)25(2,22)23/h5-6,9-13H,3-4,7-8H2,1-2H3. The van der Waals surface area contributed by atoms with Crippen LogP contribution in [0.1, 0.15) is 41.8 Å². The Labute approximate surface area is 153 Å². The van der Waals surface area contributed by atoms with Crippen LogP contribution in [0.2, 0.25) is 0 Å². The number of thiophene rings is 1. The first kappa shape index (κ1) is 16.7. The maximum atomic E-state index is 11.7. The van der Waals surface area contributed by atoms with Crippen molar-refractivity contribution in [2.75, 3.05) is 6.26 Å². The van der Waals surface area contributed by atoms with Crippen LogP contribution < -0.4 is 0 Å². The minimum atomic E-state index is -3.22. The van der Waals surface area contributed by atoms with Crippen molar-refractivity contribution in [3.8, 4) is 0 Å². The third kappa shape index (κ3) is 3.11. The van der Waals surface area contributed by atoms with Crippen molar-refractivity contribution in [2.24, 2.45) is 5.41 Å². The number of aryl methyl sites for hydroxylation is 1. The molecule has 2 heterocycles. The lowest BCUT2D eigenvalue weighted by Crippen LogP contribution is -2.05. The minimum Gasteiger partial charge on any atom is -0.255 e. The Kier molecular flexibility index (Phi) is 3.96. The van der Waals surface area contributed by atoms with Gasteiger partial charge in [-0.15, -0.1) is 11.3 Å². The molecule has 1 fully saturated rings. The fraction of sp³-hybridized carbons (Fsp3) is 0.350. The monoisotopic (exact) mass is 371 g/mol. The first-order valence-electron chi connectivity index (χ1n) is 8.54. The highest BCUT2D eigenvalue weighted by Gasteiger charge is 2.36. The molecule has 0 aromatic carbocycles. The van der Waals surface area contributed by atoms with E-state index in [2.05, 4.69) is 35.5 Å². The van der Waals surface area contributed by atoms with Crippen LogP contribution in [0.15, 0.2) is 46.8 Å². The fourth-order valence-electron chi connectivity index (χ4n) is 3.84. The second-order valence-electron chi connectivity index (χ2n) is 7.20. The Balaban J connectivity index is 1.79. The van der Waals surface area contributed by atoms with E-state index in [1.165, 1.54) is 54.1 Å². The molecular formula is C20H21NO2S2. The predicted molar refractivity (Wildman–Crippen MR) is 103 cm³/mol. The fourth-order valence-corrected chi connectivity index (χ4v) is 5.33. The van der Waals surface area contributed by atoms with Crippen LogP contribution in [-0.4, -0.2) is 19.7 Å². The summed E-state index contributed by atoms with van der Waals surface area (Å²) in [5.74, 6) is 0. The molecule has 0 amide bonds. The lowest BCUT2D eigenvalue weighted by molar-refractivity contribution is 0.523. The average Bonchev–Trinajstić information content (AvgIpc) is 3.28. The number of aromatic nitrogens is 1. The summed E-state index contributed by atoms with van der Waals surface area (Å²) in [4.78, 5) is 6.01. The van der Waals surface area contributed by atoms with Crippen LogP contribution >= 0.6 is 11.3 Å². The topological polar surface area (TPSA) is 47.0 Å². The lowest BCUT2D eigenvalue weighted by Gasteiger charge is -2.16. The molecule has 0 bridgehead atoms. The van der Waals surface area contributed by atoms with E-state index in [-0.39, 0.29) is 10.3 Å². The smallest absolute Gasteiger partial charge is 0.177 e. The van der Waals surface area contributed by atoms with Crippen molar-refractivity contribution in [3.63, 3.8) is 0 Å². The first-order valence-corrected chi connectivity index (χ1v) is 11.3. The van der Waals surface area contributed by atoms with Gasteiger partial charge in [-0.05, 0) is 54.5 Å². The van der Waals surface area contributed by atoms with Crippen LogP contribution in [0.4, 0.5) is 0 Å². The third-order valence-electron chi connectivity index (χ3n) is 5.12. The number of nitrogens with zero attached hydrogens (tertiary/aromatic N) is 1. The zero-order valence-corrected chi connectivity index (χ0v) is 16.1. The van der Waals surface area contributed by atoms with E-state index in [1.54, 1.807) is 17.4 Å². The van der Waals surface area contributed by atoms with E-state index >= 15 is 0 Å². The highest BCUT2D eigenvalue weighted by Crippen LogP contribution is 2.52. The summed E-state index contributed by atoms with van der Waals surface area (Å²) >= 11 is 1.76. The van der Waals surface area contributed by atoms with Gasteiger partial charge in [-0.1, -0.05) is 25.0 Å². The highest BCUT2D eigenvalue weighted by atomic mass is 32.2. The Morgan fingerprint density at radius 1 is 1.12 bits per heavy atom. The Morgan fingerprint density at radius 3 is 2.40 bits per heavy atom. The molecular weight excluding hydrogens is 350 g/mol. The highest BCUT2D eigenvalue weighted by molar-refractivity contribution is 7.90. The van der Waals surface area contributed by atoms with Crippen LogP contribution in [0.5, 0.6) is 0 Å². The van der Waals surface area contributed by atoms with Crippen LogP contribution in [-0.2, 0) is 9.84 Å². The van der Waals surface area contributed by atoms with Gasteiger partial charge in [-0.2, -0.15) is 0 Å². The molecule has 0 N–H and O–H groups in total. The van der Waals surface area contributed by atoms with Crippen molar-refractivity contribution in [3.05, 3.63) is 58.1 Å². The van der Waals surface area contributed by atoms with Gasteiger partial charge in [0.2, 0.25) is 0 Å². The van der Waals surface area contributed by atoms with Gasteiger partial charge in [-0.3, -0.25) is 4.98 Å². The van der Waals surface area contributed by atoms with Crippen molar-refractivity contribution in [2.45, 2.75) is 37.5 Å². The van der Waals surface area contributed by atoms with Gasteiger partial charge in [0.15, 0.2) is 9.84 Å². The summed E-state index contributed by atoms with van der Waals surface area (Å²) in [6.45, 7) is 2.11. The van der Waals surface area contributed by atoms with Crippen LogP contribution in [0.3, 0.4) is 0 Å². The van der Waals surface area contributed by atoms with E-state index in [9.17, 15) is 8.42 Å². The molecule has 0 atom stereocenters. The molecule has 5 heteroatoms. The second kappa shape index (κ2) is 5.92. The largest absolute Gasteiger partial charge is 0.255 e. The molecule has 0 radical (unpaired) electrons. The molecule has 2 aliphatic carbocycles. The zero-order valence-electron chi connectivity index (χ0n) is 14.5. The molecule has 25 heavy (non-hydrogen) atoms. The van der Waals surface area contributed by atoms with E-state index in [0.717, 1.165) is 11.3 Å². The van der Waals surface area contributed by atoms with Crippen molar-refractivity contribution in [1.29, 1.82) is 0 Å². The lowest BCUT2D eigenvalue weighted by atomic mass is 9.88. The van der Waals surface area contributed by atoms with Gasteiger partial charge in [0.25, 0.3) is 0 Å². The normalized spacial score (nSPS) is 19.3. The zero-order chi connectivity index (χ0) is 17.7. The van der Waals surface area contributed by atoms with E-state index in [4.69, 9.17) is 0 Å². The molecule has 3 nitrogen and oxygen atoms in total. The number of sulfone groups is 1. The first-order chi connectivity index (χ1) is 11.9. The number of pyridine rings is 1. The third-order valence-corrected chi connectivity index (χ3v) is 7.30. The maximum absolute atomic E-state index is 11.7. The van der Waals surface area contributed by atoms with Gasteiger partial charge in [0.1, 0.15) is 0 Å². The number of hydrogen-bond acceptors (Lipinski definition) is 4. The minimum absolute atomic E-state index is 0.153. The summed E-state index contributed by atoms with van der Waals surface area (Å²) in [6.07, 6.45) is 12.4. The summed E-state index contributed by atoms with van der Waals surface area (Å²) in [7, 11) is -3.22. The molecule has 1 spiro atoms. The van der Waals surface area contributed by atoms with E-state index < -0.39 is 9.84 Å². The number of hydrogen-bond donors (Lipinski definition) is 0. The van der Waals surface area contributed by atoms with E-state index in [0.29, 0.717) is 0 Å². The predicted octanol–water partition coefficient (Wildman–Crippen LogP) is 4.90. The number of rotatable bonds is 3. The Hall–Kier alpha value is -1.72. The van der Waals surface area contributed by atoms with Crippen LogP contribution in [0, 0.1) is 12.3 Å². The summed E-state index contributed by atoms with van der Waals surface area (Å²) < 4.78 is 23.4. The summed E-state index contributed by atoms with van der Waals surface area (Å²) in [6, 6.07) is 5.73. The molecule has 130 valence electrons. The molecule has 2 aromatic rings. The summed E-state index contributed by atoms with van der Waals surface area (Å²) in [5.41, 5.74) is 4.67. The van der Waals surface area contributed by atoms with Gasteiger partial charge in [0, 0.05) is 28.3 Å². The van der Waals surface area contributed by atoms with Crippen LogP contribution in [0.25, 0.3) is 11.1 Å². The van der Waals surface area contributed by atoms with Crippen molar-refractivity contribution in [1.82, 2.24) is 4.98 Å². The Bertz CT molecular complexity index is 973. The van der Waals surface area contributed by atoms with Gasteiger partial charge in [-0.25, -0.2) is 8.42 Å². The molecule has 1 saturated carbocycles. The second-order valence-corrected chi connectivity index (χ2v) is 10.1. The average molecular weight is 372 g/mol. The van der Waals surface area contributed by atoms with Crippen molar-refractivity contribution >= 4 is 32.3 Å². The molecule has 0 aliphatic heterocycles. The molecule has 0 saturated heterocycles. The molecule has 2 aromatic heterocycles. The quantitative estimate of drug-likeness (QED) is 0.771. The molecule has 2 aliphatic rings. The van der Waals surface area contributed by atoms with Gasteiger partial charge < -0.3 is 0 Å². The molecule has 0 unspecified atom stereocenters. The summed E-state index contributed by atoms with van der Waals surface area (Å²) in [5, 5.41) is 2.17. The van der Waals surface area contributed by atoms with E-state index in [1.807, 2.05) is 6.07 Å². The van der Waals surface area contributed by atoms with Crippen molar-refractivity contribution < 1.29 is 8.42 Å². The Morgan fingerprint density at radius 2 is 1.84 bits per heavy atom. The van der Waals surface area contributed by atoms with Gasteiger partial charge >= 0.3 is 0 Å². The number of allylic oxidation sites excluding steroid dienone is 4. The molecule has 4 rings (SSSR count). The maximum Gasteiger partial charge on any atom is 0.177 e. The SMILES string of the molecule is Cc1csc(C2=CC3(C=C2c2ccc(S(C)(=O)=O)cn2)CCCC3)c1.